The Bertz CT molecular complexity index is 334. The molecule has 13 heavy (non-hydrogen) atoms. The Hall–Kier alpha value is -1.10. The molecule has 0 saturated carbocycles. The zero-order chi connectivity index (χ0) is 9.26. The van der Waals surface area contributed by atoms with Crippen LogP contribution in [0.25, 0.3) is 0 Å². The van der Waals surface area contributed by atoms with E-state index in [1.165, 1.54) is 11.3 Å². The first kappa shape index (κ1) is 8.50. The van der Waals surface area contributed by atoms with E-state index in [9.17, 15) is 4.79 Å². The molecule has 0 atom stereocenters. The second-order valence-corrected chi connectivity index (χ2v) is 3.90. The fourth-order valence-electron chi connectivity index (χ4n) is 1.34. The van der Waals surface area contributed by atoms with Crippen molar-refractivity contribution in [2.24, 2.45) is 0 Å². The summed E-state index contributed by atoms with van der Waals surface area (Å²) in [4.78, 5) is 16.6. The molecule has 2 heterocycles. The fourth-order valence-corrected chi connectivity index (χ4v) is 2.23. The Balaban J connectivity index is 2.39. The van der Waals surface area contributed by atoms with Gasteiger partial charge in [-0.2, -0.15) is 0 Å². The molecule has 0 spiro atoms. The predicted octanol–water partition coefficient (Wildman–Crippen LogP) is 0.861. The molecule has 0 saturated heterocycles. The summed E-state index contributed by atoms with van der Waals surface area (Å²) in [6, 6.07) is 0. The van der Waals surface area contributed by atoms with E-state index in [-0.39, 0.29) is 5.91 Å². The molecule has 5 heteroatoms. The number of rotatable bonds is 1. The first-order valence-corrected chi connectivity index (χ1v) is 5.08. The zero-order valence-corrected chi connectivity index (χ0v) is 8.20. The topological polar surface area (TPSA) is 54.0 Å². The number of aryl methyl sites for hydroxylation is 1. The molecule has 1 aliphatic rings. The standard InChI is InChI=1S/C8H11N3OS/c1-9-8-11-5-3-2-4-10-7(12)6(5)13-8/h2-4H2,1H3,(H,9,11)(H,10,12). The highest BCUT2D eigenvalue weighted by Crippen LogP contribution is 2.24. The molecular weight excluding hydrogens is 186 g/mol. The lowest BCUT2D eigenvalue weighted by Gasteiger charge is -1.95. The van der Waals surface area contributed by atoms with Gasteiger partial charge in [-0.15, -0.1) is 0 Å². The van der Waals surface area contributed by atoms with Crippen LogP contribution >= 0.6 is 11.3 Å². The minimum atomic E-state index is 0.0199. The van der Waals surface area contributed by atoms with E-state index in [1.54, 1.807) is 0 Å². The molecule has 1 aromatic rings. The lowest BCUT2D eigenvalue weighted by molar-refractivity contribution is 0.0960. The van der Waals surface area contributed by atoms with Crippen molar-refractivity contribution < 1.29 is 4.79 Å². The monoisotopic (exact) mass is 197 g/mol. The first-order valence-electron chi connectivity index (χ1n) is 4.27. The van der Waals surface area contributed by atoms with Gasteiger partial charge in [0.05, 0.1) is 5.69 Å². The van der Waals surface area contributed by atoms with Crippen molar-refractivity contribution in [3.63, 3.8) is 0 Å². The average molecular weight is 197 g/mol. The number of aromatic nitrogens is 1. The van der Waals surface area contributed by atoms with Crippen molar-refractivity contribution >= 4 is 22.4 Å². The molecule has 1 aromatic heterocycles. The highest BCUT2D eigenvalue weighted by molar-refractivity contribution is 7.17. The molecular formula is C8H11N3OS. The molecule has 0 fully saturated rings. The summed E-state index contributed by atoms with van der Waals surface area (Å²) in [6.07, 6.45) is 1.87. The van der Waals surface area contributed by atoms with E-state index < -0.39 is 0 Å². The second-order valence-electron chi connectivity index (χ2n) is 2.90. The highest BCUT2D eigenvalue weighted by atomic mass is 32.1. The number of thiazole rings is 1. The lowest BCUT2D eigenvalue weighted by Crippen LogP contribution is -2.21. The number of carbonyl (C=O) groups excluding carboxylic acids is 1. The number of hydrogen-bond acceptors (Lipinski definition) is 4. The Morgan fingerprint density at radius 3 is 3.23 bits per heavy atom. The number of anilines is 1. The molecule has 0 bridgehead atoms. The summed E-state index contributed by atoms with van der Waals surface area (Å²) >= 11 is 1.42. The summed E-state index contributed by atoms with van der Waals surface area (Å²) in [5.74, 6) is 0.0199. The third-order valence-corrected chi connectivity index (χ3v) is 3.11. The largest absolute Gasteiger partial charge is 0.365 e. The number of nitrogens with one attached hydrogen (secondary N) is 2. The van der Waals surface area contributed by atoms with Crippen LogP contribution in [0.3, 0.4) is 0 Å². The van der Waals surface area contributed by atoms with Gasteiger partial charge in [-0.05, 0) is 12.8 Å². The molecule has 2 rings (SSSR count). The Morgan fingerprint density at radius 1 is 1.62 bits per heavy atom. The van der Waals surface area contributed by atoms with E-state index in [4.69, 9.17) is 0 Å². The van der Waals surface area contributed by atoms with Gasteiger partial charge < -0.3 is 10.6 Å². The third-order valence-electron chi connectivity index (χ3n) is 1.99. The van der Waals surface area contributed by atoms with Crippen LogP contribution in [0.4, 0.5) is 5.13 Å². The van der Waals surface area contributed by atoms with E-state index in [2.05, 4.69) is 15.6 Å². The normalized spacial score (nSPS) is 15.9. The maximum Gasteiger partial charge on any atom is 0.263 e. The Labute approximate surface area is 80.4 Å². The third kappa shape index (κ3) is 1.51. The Kier molecular flexibility index (Phi) is 2.18. The molecule has 1 amide bonds. The van der Waals surface area contributed by atoms with Crippen LogP contribution in [0, 0.1) is 0 Å². The van der Waals surface area contributed by atoms with Crippen LogP contribution in [0.2, 0.25) is 0 Å². The fraction of sp³-hybridized carbons (Fsp3) is 0.500. The number of amides is 1. The van der Waals surface area contributed by atoms with Crippen molar-refractivity contribution in [3.05, 3.63) is 10.6 Å². The first-order chi connectivity index (χ1) is 6.31. The van der Waals surface area contributed by atoms with Gasteiger partial charge in [-0.25, -0.2) is 4.98 Å². The number of hydrogen-bond donors (Lipinski definition) is 2. The van der Waals surface area contributed by atoms with Crippen LogP contribution in [0.15, 0.2) is 0 Å². The van der Waals surface area contributed by atoms with E-state index in [0.717, 1.165) is 35.1 Å². The molecule has 70 valence electrons. The molecule has 0 radical (unpaired) electrons. The average Bonchev–Trinajstić information content (AvgIpc) is 2.48. The maximum atomic E-state index is 11.5. The van der Waals surface area contributed by atoms with E-state index >= 15 is 0 Å². The van der Waals surface area contributed by atoms with Gasteiger partial charge in [-0.3, -0.25) is 4.79 Å². The molecule has 1 aliphatic heterocycles. The van der Waals surface area contributed by atoms with Crippen molar-refractivity contribution in [1.29, 1.82) is 0 Å². The van der Waals surface area contributed by atoms with Gasteiger partial charge in [0.25, 0.3) is 5.91 Å². The summed E-state index contributed by atoms with van der Waals surface area (Å²) < 4.78 is 0. The summed E-state index contributed by atoms with van der Waals surface area (Å²) in [5, 5.41) is 6.62. The van der Waals surface area contributed by atoms with E-state index in [0.29, 0.717) is 0 Å². The lowest BCUT2D eigenvalue weighted by atomic mass is 10.2. The minimum Gasteiger partial charge on any atom is -0.365 e. The molecule has 0 aromatic carbocycles. The van der Waals surface area contributed by atoms with Gasteiger partial charge in [-0.1, -0.05) is 11.3 Å². The Morgan fingerprint density at radius 2 is 2.46 bits per heavy atom. The van der Waals surface area contributed by atoms with Crippen LogP contribution in [-0.4, -0.2) is 24.5 Å². The van der Waals surface area contributed by atoms with Gasteiger partial charge in [0.1, 0.15) is 4.88 Å². The molecule has 0 unspecified atom stereocenters. The van der Waals surface area contributed by atoms with Gasteiger partial charge in [0.2, 0.25) is 0 Å². The highest BCUT2D eigenvalue weighted by Gasteiger charge is 2.19. The molecule has 2 N–H and O–H groups in total. The molecule has 4 nitrogen and oxygen atoms in total. The van der Waals surface area contributed by atoms with Gasteiger partial charge >= 0.3 is 0 Å². The van der Waals surface area contributed by atoms with Gasteiger partial charge in [0.15, 0.2) is 5.13 Å². The minimum absolute atomic E-state index is 0.0199. The second kappa shape index (κ2) is 3.33. The summed E-state index contributed by atoms with van der Waals surface area (Å²) in [7, 11) is 1.82. The van der Waals surface area contributed by atoms with Crippen LogP contribution < -0.4 is 10.6 Å². The van der Waals surface area contributed by atoms with Crippen molar-refractivity contribution in [2.75, 3.05) is 18.9 Å². The number of nitrogens with zero attached hydrogens (tertiary/aromatic N) is 1. The number of carbonyl (C=O) groups is 1. The van der Waals surface area contributed by atoms with E-state index in [1.807, 2.05) is 7.05 Å². The maximum absolute atomic E-state index is 11.5. The van der Waals surface area contributed by atoms with Gasteiger partial charge in [0, 0.05) is 13.6 Å². The van der Waals surface area contributed by atoms with Crippen molar-refractivity contribution in [1.82, 2.24) is 10.3 Å². The number of fused-ring (bicyclic) bond motifs is 1. The predicted molar refractivity (Wildman–Crippen MR) is 52.3 cm³/mol. The molecule has 0 aliphatic carbocycles. The summed E-state index contributed by atoms with van der Waals surface area (Å²) in [5.41, 5.74) is 0.935. The van der Waals surface area contributed by atoms with Crippen molar-refractivity contribution in [3.8, 4) is 0 Å². The van der Waals surface area contributed by atoms with Crippen LogP contribution in [-0.2, 0) is 6.42 Å². The smallest absolute Gasteiger partial charge is 0.263 e. The quantitative estimate of drug-likeness (QED) is 0.702. The van der Waals surface area contributed by atoms with Crippen LogP contribution in [0.1, 0.15) is 21.8 Å². The SMILES string of the molecule is CNc1nc2c(s1)C(=O)NCCC2. The van der Waals surface area contributed by atoms with Crippen molar-refractivity contribution in [2.45, 2.75) is 12.8 Å². The summed E-state index contributed by atoms with van der Waals surface area (Å²) in [6.45, 7) is 0.761. The van der Waals surface area contributed by atoms with Crippen LogP contribution in [0.5, 0.6) is 0 Å². The zero-order valence-electron chi connectivity index (χ0n) is 7.39.